The van der Waals surface area contributed by atoms with Crippen LogP contribution in [0, 0.1) is 0 Å². The van der Waals surface area contributed by atoms with Crippen LogP contribution in [0.25, 0.3) is 6.08 Å². The van der Waals surface area contributed by atoms with E-state index in [-0.39, 0.29) is 5.12 Å². The third kappa shape index (κ3) is 5.82. The van der Waals surface area contributed by atoms with E-state index in [2.05, 4.69) is 15.9 Å². The van der Waals surface area contributed by atoms with E-state index in [4.69, 9.17) is 0 Å². The van der Waals surface area contributed by atoms with Crippen molar-refractivity contribution in [1.82, 2.24) is 0 Å². The van der Waals surface area contributed by atoms with Crippen molar-refractivity contribution in [3.63, 3.8) is 0 Å². The highest BCUT2D eigenvalue weighted by atomic mass is 79.9. The quantitative estimate of drug-likeness (QED) is 0.697. The van der Waals surface area contributed by atoms with Gasteiger partial charge < -0.3 is 0 Å². The van der Waals surface area contributed by atoms with Crippen LogP contribution in [0.5, 0.6) is 0 Å². The molecule has 0 aromatic heterocycles. The first-order valence-electron chi connectivity index (χ1n) is 5.47. The van der Waals surface area contributed by atoms with E-state index in [0.717, 1.165) is 12.1 Å². The molecule has 19 heavy (non-hydrogen) atoms. The van der Waals surface area contributed by atoms with Gasteiger partial charge in [-0.25, -0.2) is 0 Å². The molecular formula is C13H12BrF3OS. The van der Waals surface area contributed by atoms with Gasteiger partial charge in [0.2, 0.25) is 0 Å². The van der Waals surface area contributed by atoms with E-state index < -0.39 is 11.7 Å². The highest BCUT2D eigenvalue weighted by molar-refractivity contribution is 9.10. The molecule has 0 heterocycles. The van der Waals surface area contributed by atoms with E-state index >= 15 is 0 Å². The molecular weight excluding hydrogens is 341 g/mol. The van der Waals surface area contributed by atoms with Gasteiger partial charge in [-0.3, -0.25) is 4.79 Å². The van der Waals surface area contributed by atoms with Crippen LogP contribution in [-0.4, -0.2) is 10.9 Å². The molecule has 0 spiro atoms. The third-order valence-corrected chi connectivity index (χ3v) is 3.75. The molecule has 1 aromatic rings. The van der Waals surface area contributed by atoms with Gasteiger partial charge in [0.15, 0.2) is 5.12 Å². The standard InChI is InChI=1S/C13H12BrF3OS/c1-9(18)19-7-3-2-4-10-5-6-11(8-12(10)14)13(15,16)17/h2,4-6,8H,3,7H2,1H3. The Morgan fingerprint density at radius 1 is 1.42 bits per heavy atom. The fourth-order valence-corrected chi connectivity index (χ4v) is 2.37. The van der Waals surface area contributed by atoms with Crippen molar-refractivity contribution in [3.8, 4) is 0 Å². The molecule has 0 fully saturated rings. The van der Waals surface area contributed by atoms with Gasteiger partial charge in [0.1, 0.15) is 0 Å². The Morgan fingerprint density at radius 3 is 2.63 bits per heavy atom. The molecule has 0 aliphatic carbocycles. The van der Waals surface area contributed by atoms with Crippen LogP contribution in [0.1, 0.15) is 24.5 Å². The summed E-state index contributed by atoms with van der Waals surface area (Å²) in [6.45, 7) is 1.50. The second-order valence-corrected chi connectivity index (χ2v) is 5.89. The number of alkyl halides is 3. The van der Waals surface area contributed by atoms with Gasteiger partial charge in [-0.15, -0.1) is 0 Å². The molecule has 0 bridgehead atoms. The maximum atomic E-state index is 12.5. The van der Waals surface area contributed by atoms with Crippen molar-refractivity contribution < 1.29 is 18.0 Å². The van der Waals surface area contributed by atoms with Crippen LogP contribution >= 0.6 is 27.7 Å². The molecule has 0 aliphatic rings. The van der Waals surface area contributed by atoms with Crippen molar-refractivity contribution >= 4 is 38.9 Å². The SMILES string of the molecule is CC(=O)SCCC=Cc1ccc(C(F)(F)F)cc1Br. The molecule has 0 N–H and O–H groups in total. The van der Waals surface area contributed by atoms with Crippen LogP contribution in [-0.2, 0) is 11.0 Å². The largest absolute Gasteiger partial charge is 0.416 e. The normalized spacial score (nSPS) is 12.1. The summed E-state index contributed by atoms with van der Waals surface area (Å²) in [5.41, 5.74) is 0.00415. The molecule has 1 nitrogen and oxygen atoms in total. The lowest BCUT2D eigenvalue weighted by molar-refractivity contribution is -0.137. The monoisotopic (exact) mass is 352 g/mol. The van der Waals surface area contributed by atoms with Crippen LogP contribution in [0.15, 0.2) is 28.7 Å². The fraction of sp³-hybridized carbons (Fsp3) is 0.308. The van der Waals surface area contributed by atoms with Gasteiger partial charge in [-0.2, -0.15) is 13.2 Å². The van der Waals surface area contributed by atoms with Crippen molar-refractivity contribution in [1.29, 1.82) is 0 Å². The minimum atomic E-state index is -4.33. The zero-order valence-electron chi connectivity index (χ0n) is 10.1. The second-order valence-electron chi connectivity index (χ2n) is 3.77. The molecule has 0 amide bonds. The smallest absolute Gasteiger partial charge is 0.288 e. The summed E-state index contributed by atoms with van der Waals surface area (Å²) in [4.78, 5) is 10.7. The van der Waals surface area contributed by atoms with Crippen LogP contribution in [0.3, 0.4) is 0 Å². The number of carbonyl (C=O) groups is 1. The number of carbonyl (C=O) groups excluding carboxylic acids is 1. The summed E-state index contributed by atoms with van der Waals surface area (Å²) in [6.07, 6.45) is -0.0607. The summed E-state index contributed by atoms with van der Waals surface area (Å²) in [5.74, 6) is 0.671. The van der Waals surface area contributed by atoms with Crippen molar-refractivity contribution in [2.24, 2.45) is 0 Å². The van der Waals surface area contributed by atoms with Crippen molar-refractivity contribution in [2.75, 3.05) is 5.75 Å². The summed E-state index contributed by atoms with van der Waals surface area (Å²) < 4.78 is 37.8. The predicted octanol–water partition coefficient (Wildman–Crippen LogP) is 5.15. The first kappa shape index (κ1) is 16.3. The minimum absolute atomic E-state index is 0.0594. The second kappa shape index (κ2) is 7.14. The number of hydrogen-bond acceptors (Lipinski definition) is 2. The molecule has 1 rings (SSSR count). The zero-order valence-corrected chi connectivity index (χ0v) is 12.5. The number of halogens is 4. The van der Waals surface area contributed by atoms with Crippen molar-refractivity contribution in [3.05, 3.63) is 39.9 Å². The molecule has 0 saturated heterocycles. The molecule has 104 valence electrons. The van der Waals surface area contributed by atoms with Gasteiger partial charge in [-0.05, 0) is 24.1 Å². The summed E-state index contributed by atoms with van der Waals surface area (Å²) in [7, 11) is 0. The Morgan fingerprint density at radius 2 is 2.11 bits per heavy atom. The van der Waals surface area contributed by atoms with E-state index in [1.54, 1.807) is 6.08 Å². The van der Waals surface area contributed by atoms with E-state index in [0.29, 0.717) is 22.2 Å². The van der Waals surface area contributed by atoms with Gasteiger partial charge in [0, 0.05) is 17.1 Å². The summed E-state index contributed by atoms with van der Waals surface area (Å²) >= 11 is 4.35. The predicted molar refractivity (Wildman–Crippen MR) is 75.9 cm³/mol. The molecule has 6 heteroatoms. The van der Waals surface area contributed by atoms with Crippen molar-refractivity contribution in [2.45, 2.75) is 19.5 Å². The summed E-state index contributed by atoms with van der Waals surface area (Å²) in [6, 6.07) is 3.53. The topological polar surface area (TPSA) is 17.1 Å². The van der Waals surface area contributed by atoms with Gasteiger partial charge >= 0.3 is 6.18 Å². The highest BCUT2D eigenvalue weighted by Crippen LogP contribution is 2.32. The van der Waals surface area contributed by atoms with Crippen LogP contribution in [0.4, 0.5) is 13.2 Å². The molecule has 0 saturated carbocycles. The van der Waals surface area contributed by atoms with Crippen LogP contribution < -0.4 is 0 Å². The molecule has 1 aromatic carbocycles. The average molecular weight is 353 g/mol. The minimum Gasteiger partial charge on any atom is -0.288 e. The lowest BCUT2D eigenvalue weighted by Crippen LogP contribution is -2.04. The number of hydrogen-bond donors (Lipinski definition) is 0. The van der Waals surface area contributed by atoms with Crippen LogP contribution in [0.2, 0.25) is 0 Å². The third-order valence-electron chi connectivity index (χ3n) is 2.22. The Hall–Kier alpha value is -0.750. The molecule has 0 unspecified atom stereocenters. The summed E-state index contributed by atoms with van der Waals surface area (Å²) in [5, 5.41) is 0.0594. The first-order chi connectivity index (χ1) is 8.80. The van der Waals surface area contributed by atoms with Gasteiger partial charge in [0.25, 0.3) is 0 Å². The Kier molecular flexibility index (Phi) is 6.13. The average Bonchev–Trinajstić information content (AvgIpc) is 2.28. The Bertz CT molecular complexity index is 483. The lowest BCUT2D eigenvalue weighted by Gasteiger charge is -2.08. The molecule has 0 atom stereocenters. The number of benzene rings is 1. The fourth-order valence-electron chi connectivity index (χ4n) is 1.32. The number of rotatable bonds is 4. The van der Waals surface area contributed by atoms with E-state index in [1.807, 2.05) is 6.08 Å². The van der Waals surface area contributed by atoms with Gasteiger partial charge in [-0.1, -0.05) is 45.9 Å². The van der Waals surface area contributed by atoms with E-state index in [1.165, 1.54) is 24.8 Å². The lowest BCUT2D eigenvalue weighted by atomic mass is 10.1. The number of allylic oxidation sites excluding steroid dienone is 1. The Labute approximate surface area is 122 Å². The Balaban J connectivity index is 2.65. The first-order valence-corrected chi connectivity index (χ1v) is 7.25. The molecule has 0 radical (unpaired) electrons. The zero-order chi connectivity index (χ0) is 14.5. The number of thioether (sulfide) groups is 1. The van der Waals surface area contributed by atoms with Gasteiger partial charge in [0.05, 0.1) is 5.56 Å². The molecule has 0 aliphatic heterocycles. The maximum Gasteiger partial charge on any atom is 0.416 e. The highest BCUT2D eigenvalue weighted by Gasteiger charge is 2.30. The maximum absolute atomic E-state index is 12.5. The van der Waals surface area contributed by atoms with E-state index in [9.17, 15) is 18.0 Å².